The van der Waals surface area contributed by atoms with Crippen molar-refractivity contribution in [3.05, 3.63) is 65.1 Å². The van der Waals surface area contributed by atoms with E-state index in [1.165, 1.54) is 6.08 Å². The maximum atomic E-state index is 13.7. The van der Waals surface area contributed by atoms with E-state index < -0.39 is 5.97 Å². The number of rotatable bonds is 2. The highest BCUT2D eigenvalue weighted by molar-refractivity contribution is 5.90. The lowest BCUT2D eigenvalue weighted by atomic mass is 10.0. The van der Waals surface area contributed by atoms with Crippen molar-refractivity contribution in [3.63, 3.8) is 0 Å². The first-order chi connectivity index (χ1) is 11.6. The molecule has 0 amide bonds. The van der Waals surface area contributed by atoms with Gasteiger partial charge in [0.25, 0.3) is 0 Å². The summed E-state index contributed by atoms with van der Waals surface area (Å²) >= 11 is 0. The van der Waals surface area contributed by atoms with Gasteiger partial charge in [-0.3, -0.25) is 0 Å². The lowest BCUT2D eigenvalue weighted by Gasteiger charge is -2.20. The second-order valence-electron chi connectivity index (χ2n) is 5.85. The van der Waals surface area contributed by atoms with Gasteiger partial charge in [-0.25, -0.2) is 13.9 Å². The number of aromatic carboxylic acids is 1. The number of hydrogen-bond donors (Lipinski definition) is 1. The van der Waals surface area contributed by atoms with Gasteiger partial charge in [0.15, 0.2) is 0 Å². The van der Waals surface area contributed by atoms with Gasteiger partial charge in [-0.2, -0.15) is 5.10 Å². The summed E-state index contributed by atoms with van der Waals surface area (Å²) in [5, 5.41) is 13.9. The summed E-state index contributed by atoms with van der Waals surface area (Å²) in [6.45, 7) is 0.180. The minimum absolute atomic E-state index is 0.132. The molecule has 0 saturated heterocycles. The Balaban J connectivity index is 1.77. The van der Waals surface area contributed by atoms with Crippen LogP contribution in [0.5, 0.6) is 5.88 Å². The number of ether oxygens (including phenoxy) is 1. The molecule has 1 atom stereocenters. The largest absolute Gasteiger partial charge is 0.478 e. The summed E-state index contributed by atoms with van der Waals surface area (Å²) in [5.41, 5.74) is 2.22. The van der Waals surface area contributed by atoms with Crippen LogP contribution in [0.1, 0.15) is 40.4 Å². The summed E-state index contributed by atoms with van der Waals surface area (Å²) in [4.78, 5) is 11.4. The molecule has 1 aromatic heterocycles. The summed E-state index contributed by atoms with van der Waals surface area (Å²) < 4.78 is 21.0. The Morgan fingerprint density at radius 2 is 2.29 bits per heavy atom. The number of benzene rings is 1. The third kappa shape index (κ3) is 2.40. The van der Waals surface area contributed by atoms with Crippen LogP contribution in [-0.4, -0.2) is 20.9 Å². The minimum atomic E-state index is -0.994. The Bertz CT molecular complexity index is 882. The number of halogens is 1. The van der Waals surface area contributed by atoms with Crippen LogP contribution in [0.4, 0.5) is 4.39 Å². The Kier molecular flexibility index (Phi) is 3.45. The van der Waals surface area contributed by atoms with E-state index in [-0.39, 0.29) is 23.9 Å². The van der Waals surface area contributed by atoms with Crippen LogP contribution in [0.3, 0.4) is 0 Å². The standard InChI is InChI=1S/C18H15FN2O3/c19-12-5-2-1-4-11(8-12)15-9-17-21(20-15)16-7-3-6-13(18(22)23)14(16)10-24-17/h2-3,5-9,11H,1,4,10H2,(H,22,23). The molecule has 0 spiro atoms. The molecular formula is C18H15FN2O3. The van der Waals surface area contributed by atoms with Gasteiger partial charge in [0.1, 0.15) is 12.4 Å². The van der Waals surface area contributed by atoms with Gasteiger partial charge >= 0.3 is 5.97 Å². The second kappa shape index (κ2) is 5.63. The van der Waals surface area contributed by atoms with Crippen molar-refractivity contribution in [3.8, 4) is 11.6 Å². The van der Waals surface area contributed by atoms with Crippen molar-refractivity contribution in [2.24, 2.45) is 0 Å². The van der Waals surface area contributed by atoms with E-state index in [1.807, 2.05) is 12.1 Å². The molecule has 1 aromatic carbocycles. The van der Waals surface area contributed by atoms with Crippen molar-refractivity contribution in [2.45, 2.75) is 25.4 Å². The number of hydrogen-bond acceptors (Lipinski definition) is 3. The second-order valence-corrected chi connectivity index (χ2v) is 5.85. The average molecular weight is 326 g/mol. The van der Waals surface area contributed by atoms with Crippen molar-refractivity contribution < 1.29 is 19.0 Å². The normalized spacial score (nSPS) is 18.9. The molecule has 2 aromatic rings. The Morgan fingerprint density at radius 3 is 3.12 bits per heavy atom. The maximum Gasteiger partial charge on any atom is 0.336 e. The topological polar surface area (TPSA) is 64.3 Å². The van der Waals surface area contributed by atoms with Crippen LogP contribution in [0.2, 0.25) is 0 Å². The third-order valence-corrected chi connectivity index (χ3v) is 4.33. The third-order valence-electron chi connectivity index (χ3n) is 4.33. The molecule has 122 valence electrons. The molecule has 1 aliphatic carbocycles. The molecule has 0 radical (unpaired) electrons. The van der Waals surface area contributed by atoms with Crippen molar-refractivity contribution in [1.82, 2.24) is 9.78 Å². The molecule has 0 bridgehead atoms. The molecule has 24 heavy (non-hydrogen) atoms. The molecule has 1 aliphatic heterocycles. The lowest BCUT2D eigenvalue weighted by molar-refractivity contribution is 0.0693. The van der Waals surface area contributed by atoms with E-state index in [0.29, 0.717) is 17.1 Å². The van der Waals surface area contributed by atoms with Crippen molar-refractivity contribution in [1.29, 1.82) is 0 Å². The number of carboxylic acids is 1. The maximum absolute atomic E-state index is 13.7. The minimum Gasteiger partial charge on any atom is -0.478 e. The summed E-state index contributed by atoms with van der Waals surface area (Å²) in [5.74, 6) is -0.845. The van der Waals surface area contributed by atoms with Gasteiger partial charge < -0.3 is 9.84 Å². The van der Waals surface area contributed by atoms with Crippen molar-refractivity contribution in [2.75, 3.05) is 0 Å². The molecule has 0 saturated carbocycles. The van der Waals surface area contributed by atoms with E-state index in [9.17, 15) is 14.3 Å². The zero-order valence-electron chi connectivity index (χ0n) is 12.8. The smallest absolute Gasteiger partial charge is 0.336 e. The zero-order valence-corrected chi connectivity index (χ0v) is 12.8. The zero-order chi connectivity index (χ0) is 16.7. The summed E-state index contributed by atoms with van der Waals surface area (Å²) in [6.07, 6.45) is 6.39. The summed E-state index contributed by atoms with van der Waals surface area (Å²) in [6, 6.07) is 6.86. The SMILES string of the molecule is O=C(O)c1cccc2c1COc1cc(C3C=C(F)C=CCC3)nn1-2. The predicted molar refractivity (Wildman–Crippen MR) is 85.2 cm³/mol. The first-order valence-corrected chi connectivity index (χ1v) is 7.75. The van der Waals surface area contributed by atoms with E-state index in [4.69, 9.17) is 4.74 Å². The molecule has 0 fully saturated rings. The van der Waals surface area contributed by atoms with E-state index in [0.717, 1.165) is 18.5 Å². The Hall–Kier alpha value is -2.89. The molecule has 1 unspecified atom stereocenters. The fourth-order valence-electron chi connectivity index (χ4n) is 3.15. The van der Waals surface area contributed by atoms with Crippen LogP contribution < -0.4 is 4.74 Å². The number of aromatic nitrogens is 2. The van der Waals surface area contributed by atoms with Gasteiger partial charge in [-0.15, -0.1) is 0 Å². The van der Waals surface area contributed by atoms with E-state index in [2.05, 4.69) is 5.10 Å². The number of fused-ring (bicyclic) bond motifs is 3. The van der Waals surface area contributed by atoms with E-state index >= 15 is 0 Å². The molecule has 4 rings (SSSR count). The van der Waals surface area contributed by atoms with E-state index in [1.54, 1.807) is 29.0 Å². The predicted octanol–water partition coefficient (Wildman–Crippen LogP) is 3.75. The highest BCUT2D eigenvalue weighted by atomic mass is 19.1. The average Bonchev–Trinajstić information content (AvgIpc) is 2.90. The van der Waals surface area contributed by atoms with Gasteiger partial charge in [0, 0.05) is 17.5 Å². The van der Waals surface area contributed by atoms with Crippen molar-refractivity contribution >= 4 is 5.97 Å². The molecule has 1 N–H and O–H groups in total. The molecular weight excluding hydrogens is 311 g/mol. The Morgan fingerprint density at radius 1 is 1.42 bits per heavy atom. The molecule has 2 aliphatic rings. The number of nitrogens with zero attached hydrogens (tertiary/aromatic N) is 2. The van der Waals surface area contributed by atoms with Gasteiger partial charge in [0.05, 0.1) is 16.9 Å². The first kappa shape index (κ1) is 14.7. The van der Waals surface area contributed by atoms with Crippen LogP contribution in [0.15, 0.2) is 48.3 Å². The first-order valence-electron chi connectivity index (χ1n) is 7.75. The number of carboxylic acid groups (broad SMARTS) is 1. The van der Waals surface area contributed by atoms with Crippen LogP contribution >= 0.6 is 0 Å². The number of carbonyl (C=O) groups is 1. The van der Waals surface area contributed by atoms with Gasteiger partial charge in [0.2, 0.25) is 5.88 Å². The van der Waals surface area contributed by atoms with Crippen LogP contribution in [0, 0.1) is 0 Å². The molecule has 6 heteroatoms. The fourth-order valence-corrected chi connectivity index (χ4v) is 3.15. The molecule has 5 nitrogen and oxygen atoms in total. The highest BCUT2D eigenvalue weighted by Gasteiger charge is 2.26. The summed E-state index contributed by atoms with van der Waals surface area (Å²) in [7, 11) is 0. The van der Waals surface area contributed by atoms with Crippen LogP contribution in [0.25, 0.3) is 5.69 Å². The number of allylic oxidation sites excluding steroid dienone is 4. The monoisotopic (exact) mass is 326 g/mol. The highest BCUT2D eigenvalue weighted by Crippen LogP contribution is 2.34. The van der Waals surface area contributed by atoms with Crippen LogP contribution in [-0.2, 0) is 6.61 Å². The quantitative estimate of drug-likeness (QED) is 0.913. The lowest BCUT2D eigenvalue weighted by Crippen LogP contribution is -2.17. The van der Waals surface area contributed by atoms with Gasteiger partial charge in [-0.05, 0) is 37.1 Å². The van der Waals surface area contributed by atoms with Gasteiger partial charge in [-0.1, -0.05) is 12.1 Å². The fraction of sp³-hybridized carbons (Fsp3) is 0.222. The molecule has 2 heterocycles. The Labute approximate surface area is 137 Å².